The zero-order valence-electron chi connectivity index (χ0n) is 8.08. The van der Waals surface area contributed by atoms with Gasteiger partial charge in [0.1, 0.15) is 6.10 Å². The summed E-state index contributed by atoms with van der Waals surface area (Å²) < 4.78 is 4.92. The van der Waals surface area contributed by atoms with Crippen LogP contribution in [0.3, 0.4) is 0 Å². The predicted molar refractivity (Wildman–Crippen MR) is 46.0 cm³/mol. The van der Waals surface area contributed by atoms with Gasteiger partial charge in [0.15, 0.2) is 6.29 Å². The monoisotopic (exact) mass is 191 g/mol. The third-order valence-corrected chi connectivity index (χ3v) is 2.42. The second kappa shape index (κ2) is 3.89. The summed E-state index contributed by atoms with van der Waals surface area (Å²) in [6.45, 7) is 1.66. The summed E-state index contributed by atoms with van der Waals surface area (Å²) in [7, 11) is 3.48. The summed E-state index contributed by atoms with van der Waals surface area (Å²) in [6, 6.07) is -0.487. The summed E-state index contributed by atoms with van der Waals surface area (Å²) in [5.41, 5.74) is 0. The maximum Gasteiger partial charge on any atom is 0.182 e. The van der Waals surface area contributed by atoms with Crippen LogP contribution in [-0.4, -0.2) is 65.0 Å². The fraction of sp³-hybridized carbons (Fsp3) is 1.00. The van der Waals surface area contributed by atoms with Crippen molar-refractivity contribution in [2.45, 2.75) is 37.6 Å². The first kappa shape index (κ1) is 10.9. The number of aliphatic hydroxyl groups is 3. The lowest BCUT2D eigenvalue weighted by Crippen LogP contribution is -2.61. The average molecular weight is 191 g/mol. The van der Waals surface area contributed by atoms with E-state index in [1.165, 1.54) is 0 Å². The van der Waals surface area contributed by atoms with Gasteiger partial charge >= 0.3 is 0 Å². The minimum atomic E-state index is -1.22. The van der Waals surface area contributed by atoms with Gasteiger partial charge in [-0.25, -0.2) is 0 Å². The molecule has 1 unspecified atom stereocenters. The quantitative estimate of drug-likeness (QED) is 0.464. The van der Waals surface area contributed by atoms with Crippen LogP contribution in [0.2, 0.25) is 0 Å². The lowest BCUT2D eigenvalue weighted by Gasteiger charge is -2.42. The molecule has 0 radical (unpaired) electrons. The molecule has 1 aliphatic heterocycles. The third kappa shape index (κ3) is 2.00. The standard InChI is InChI=1S/C8H17NO4/c1-4-6(10)5(9(2)3)7(11)8(12)13-4/h4-8,10-12H,1-3H3/t4-,5?,6-,7-,8-/m1/s1. The fourth-order valence-corrected chi connectivity index (χ4v) is 1.64. The van der Waals surface area contributed by atoms with Gasteiger partial charge in [0, 0.05) is 0 Å². The van der Waals surface area contributed by atoms with Gasteiger partial charge in [-0.2, -0.15) is 0 Å². The maximum absolute atomic E-state index is 9.66. The number of rotatable bonds is 1. The Hall–Kier alpha value is -0.200. The second-order valence-corrected chi connectivity index (χ2v) is 3.67. The van der Waals surface area contributed by atoms with Crippen LogP contribution in [0.5, 0.6) is 0 Å². The summed E-state index contributed by atoms with van der Waals surface area (Å²) in [5, 5.41) is 28.5. The van der Waals surface area contributed by atoms with Crippen molar-refractivity contribution in [1.82, 2.24) is 4.90 Å². The van der Waals surface area contributed by atoms with E-state index in [2.05, 4.69) is 0 Å². The van der Waals surface area contributed by atoms with Gasteiger partial charge in [-0.15, -0.1) is 0 Å². The number of hydrogen-bond acceptors (Lipinski definition) is 5. The Bertz CT molecular complexity index is 162. The third-order valence-electron chi connectivity index (χ3n) is 2.42. The topological polar surface area (TPSA) is 73.2 Å². The Morgan fingerprint density at radius 3 is 2.08 bits per heavy atom. The molecule has 3 N–H and O–H groups in total. The molecule has 0 aromatic heterocycles. The van der Waals surface area contributed by atoms with Crippen LogP contribution in [-0.2, 0) is 4.74 Å². The number of aliphatic hydroxyl groups excluding tert-OH is 3. The highest BCUT2D eigenvalue weighted by atomic mass is 16.6. The molecule has 1 fully saturated rings. The number of nitrogens with zero attached hydrogens (tertiary/aromatic N) is 1. The normalized spacial score (nSPS) is 46.8. The van der Waals surface area contributed by atoms with E-state index in [9.17, 15) is 15.3 Å². The smallest absolute Gasteiger partial charge is 0.182 e. The lowest BCUT2D eigenvalue weighted by molar-refractivity contribution is -0.263. The largest absolute Gasteiger partial charge is 0.389 e. The molecular weight excluding hydrogens is 174 g/mol. The van der Waals surface area contributed by atoms with Crippen molar-refractivity contribution in [3.05, 3.63) is 0 Å². The van der Waals surface area contributed by atoms with Gasteiger partial charge in [-0.3, -0.25) is 0 Å². The number of hydrogen-bond donors (Lipinski definition) is 3. The molecule has 0 aliphatic carbocycles. The summed E-state index contributed by atoms with van der Waals surface area (Å²) in [4.78, 5) is 1.68. The molecule has 1 rings (SSSR count). The summed E-state index contributed by atoms with van der Waals surface area (Å²) in [6.07, 6.45) is -3.54. The second-order valence-electron chi connectivity index (χ2n) is 3.67. The molecule has 0 bridgehead atoms. The highest BCUT2D eigenvalue weighted by molar-refractivity contribution is 4.91. The van der Waals surface area contributed by atoms with Crippen molar-refractivity contribution in [2.24, 2.45) is 0 Å². The van der Waals surface area contributed by atoms with Crippen molar-refractivity contribution in [1.29, 1.82) is 0 Å². The molecule has 5 atom stereocenters. The van der Waals surface area contributed by atoms with Crippen LogP contribution in [0.15, 0.2) is 0 Å². The highest BCUT2D eigenvalue weighted by Crippen LogP contribution is 2.22. The molecule has 0 amide bonds. The Labute approximate surface area is 77.5 Å². The van der Waals surface area contributed by atoms with Crippen LogP contribution in [0.1, 0.15) is 6.92 Å². The molecule has 0 saturated carbocycles. The summed E-state index contributed by atoms with van der Waals surface area (Å²) >= 11 is 0. The molecular formula is C8H17NO4. The van der Waals surface area contributed by atoms with Crippen LogP contribution in [0.4, 0.5) is 0 Å². The van der Waals surface area contributed by atoms with E-state index in [0.717, 1.165) is 0 Å². The molecule has 1 aliphatic rings. The van der Waals surface area contributed by atoms with Crippen molar-refractivity contribution in [3.8, 4) is 0 Å². The van der Waals surface area contributed by atoms with Gasteiger partial charge in [0.25, 0.3) is 0 Å². The molecule has 0 aromatic rings. The molecule has 78 valence electrons. The van der Waals surface area contributed by atoms with Gasteiger partial charge in [0.05, 0.1) is 18.2 Å². The van der Waals surface area contributed by atoms with E-state index >= 15 is 0 Å². The number of likely N-dealkylation sites (N-methyl/N-ethyl adjacent to an activating group) is 1. The predicted octanol–water partition coefficient (Wildman–Crippen LogP) is -1.62. The fourth-order valence-electron chi connectivity index (χ4n) is 1.64. The van der Waals surface area contributed by atoms with E-state index in [-0.39, 0.29) is 0 Å². The minimum Gasteiger partial charge on any atom is -0.389 e. The zero-order valence-corrected chi connectivity index (χ0v) is 8.08. The van der Waals surface area contributed by atoms with E-state index < -0.39 is 30.6 Å². The van der Waals surface area contributed by atoms with E-state index in [4.69, 9.17) is 4.74 Å². The van der Waals surface area contributed by atoms with Gasteiger partial charge < -0.3 is 25.0 Å². The van der Waals surface area contributed by atoms with Crippen molar-refractivity contribution in [2.75, 3.05) is 14.1 Å². The Kier molecular flexibility index (Phi) is 3.26. The molecule has 0 aromatic carbocycles. The van der Waals surface area contributed by atoms with Gasteiger partial charge in [-0.1, -0.05) is 0 Å². The highest BCUT2D eigenvalue weighted by Gasteiger charge is 2.42. The molecule has 5 nitrogen and oxygen atoms in total. The molecule has 1 heterocycles. The Morgan fingerprint density at radius 1 is 1.08 bits per heavy atom. The van der Waals surface area contributed by atoms with Crippen LogP contribution < -0.4 is 0 Å². The molecule has 0 spiro atoms. The molecule has 13 heavy (non-hydrogen) atoms. The van der Waals surface area contributed by atoms with E-state index in [1.807, 2.05) is 0 Å². The zero-order chi connectivity index (χ0) is 10.2. The SMILES string of the molecule is C[C@H]1O[C@@H](O)[C@H](O)C(N(C)C)[C@@H]1O. The summed E-state index contributed by atoms with van der Waals surface area (Å²) in [5.74, 6) is 0. The first-order chi connectivity index (χ1) is 5.95. The first-order valence-electron chi connectivity index (χ1n) is 4.31. The molecule has 5 heteroatoms. The average Bonchev–Trinajstić information content (AvgIpc) is 2.01. The van der Waals surface area contributed by atoms with Gasteiger partial charge in [0.2, 0.25) is 0 Å². The van der Waals surface area contributed by atoms with Crippen LogP contribution in [0.25, 0.3) is 0 Å². The van der Waals surface area contributed by atoms with Gasteiger partial charge in [-0.05, 0) is 21.0 Å². The van der Waals surface area contributed by atoms with Crippen LogP contribution in [0, 0.1) is 0 Å². The van der Waals surface area contributed by atoms with Crippen molar-refractivity contribution >= 4 is 0 Å². The maximum atomic E-state index is 9.66. The van der Waals surface area contributed by atoms with Crippen molar-refractivity contribution < 1.29 is 20.1 Å². The minimum absolute atomic E-state index is 0.467. The first-order valence-corrected chi connectivity index (χ1v) is 4.31. The van der Waals surface area contributed by atoms with Crippen molar-refractivity contribution in [3.63, 3.8) is 0 Å². The van der Waals surface area contributed by atoms with E-state index in [0.29, 0.717) is 0 Å². The van der Waals surface area contributed by atoms with E-state index in [1.54, 1.807) is 25.9 Å². The Morgan fingerprint density at radius 2 is 1.62 bits per heavy atom. The molecule has 1 saturated heterocycles. The van der Waals surface area contributed by atoms with Crippen LogP contribution >= 0.6 is 0 Å². The lowest BCUT2D eigenvalue weighted by atomic mass is 9.96. The number of ether oxygens (including phenoxy) is 1. The Balaban J connectivity index is 2.76.